The topological polar surface area (TPSA) is 72.9 Å². The Morgan fingerprint density at radius 1 is 1.38 bits per heavy atom. The molecule has 7 heteroatoms. The van der Waals surface area contributed by atoms with E-state index in [0.29, 0.717) is 28.0 Å². The highest BCUT2D eigenvalue weighted by Crippen LogP contribution is 2.24. The van der Waals surface area contributed by atoms with Crippen molar-refractivity contribution in [2.24, 2.45) is 0 Å². The molecule has 0 fully saturated rings. The number of anilines is 2. The van der Waals surface area contributed by atoms with Gasteiger partial charge in [0.2, 0.25) is 5.91 Å². The quantitative estimate of drug-likeness (QED) is 0.845. The Bertz CT molecular complexity index is 682. The molecule has 0 aliphatic rings. The van der Waals surface area contributed by atoms with Crippen molar-refractivity contribution in [1.82, 2.24) is 9.78 Å². The number of nitrogen functional groups attached to an aromatic ring is 1. The molecule has 21 heavy (non-hydrogen) atoms. The predicted molar refractivity (Wildman–Crippen MR) is 85.8 cm³/mol. The Labute approximate surface area is 133 Å². The van der Waals surface area contributed by atoms with Gasteiger partial charge in [0.1, 0.15) is 0 Å². The van der Waals surface area contributed by atoms with Crippen LogP contribution in [-0.2, 0) is 11.3 Å². The summed E-state index contributed by atoms with van der Waals surface area (Å²) < 4.78 is 1.72. The first-order chi connectivity index (χ1) is 9.88. The third-order valence-electron chi connectivity index (χ3n) is 3.11. The van der Waals surface area contributed by atoms with E-state index in [1.807, 2.05) is 13.8 Å². The zero-order valence-electron chi connectivity index (χ0n) is 11.8. The zero-order valence-corrected chi connectivity index (χ0v) is 13.3. The molecule has 1 aromatic heterocycles. The van der Waals surface area contributed by atoms with Crippen molar-refractivity contribution < 1.29 is 4.79 Å². The summed E-state index contributed by atoms with van der Waals surface area (Å²) in [6.45, 7) is 4.16. The number of hydrogen-bond donors (Lipinski definition) is 2. The lowest BCUT2D eigenvalue weighted by Crippen LogP contribution is -2.16. The van der Waals surface area contributed by atoms with Crippen molar-refractivity contribution >= 4 is 40.5 Å². The molecule has 0 spiro atoms. The van der Waals surface area contributed by atoms with Crippen LogP contribution < -0.4 is 11.1 Å². The number of rotatable bonds is 4. The predicted octanol–water partition coefficient (Wildman–Crippen LogP) is 3.42. The van der Waals surface area contributed by atoms with E-state index in [0.717, 1.165) is 11.4 Å². The van der Waals surface area contributed by atoms with E-state index in [2.05, 4.69) is 10.4 Å². The van der Waals surface area contributed by atoms with Gasteiger partial charge < -0.3 is 11.1 Å². The summed E-state index contributed by atoms with van der Waals surface area (Å²) in [5, 5.41) is 8.08. The van der Waals surface area contributed by atoms with Gasteiger partial charge in [0.15, 0.2) is 0 Å². The standard InChI is InChI=1S/C14H16Cl2N4O/c1-8-14(16)9(2)20(19-8)6-5-13(21)18-12-4-3-10(17)7-11(12)15/h3-4,7H,5-6,17H2,1-2H3,(H,18,21). The molecule has 2 rings (SSSR count). The van der Waals surface area contributed by atoms with Crippen molar-refractivity contribution in [2.75, 3.05) is 11.1 Å². The van der Waals surface area contributed by atoms with Crippen LogP contribution in [-0.4, -0.2) is 15.7 Å². The number of hydrogen-bond acceptors (Lipinski definition) is 3. The molecule has 0 radical (unpaired) electrons. The van der Waals surface area contributed by atoms with Gasteiger partial charge in [-0.1, -0.05) is 23.2 Å². The molecule has 112 valence electrons. The summed E-state index contributed by atoms with van der Waals surface area (Å²) in [6.07, 6.45) is 0.277. The minimum absolute atomic E-state index is 0.148. The number of benzene rings is 1. The lowest BCUT2D eigenvalue weighted by atomic mass is 10.2. The van der Waals surface area contributed by atoms with Crippen LogP contribution >= 0.6 is 23.2 Å². The lowest BCUT2D eigenvalue weighted by Gasteiger charge is -2.08. The molecule has 0 saturated heterocycles. The van der Waals surface area contributed by atoms with Crippen LogP contribution in [0.25, 0.3) is 0 Å². The Balaban J connectivity index is 1.97. The van der Waals surface area contributed by atoms with Gasteiger partial charge in [-0.3, -0.25) is 9.48 Å². The van der Waals surface area contributed by atoms with E-state index in [4.69, 9.17) is 28.9 Å². The highest BCUT2D eigenvalue weighted by molar-refractivity contribution is 6.34. The van der Waals surface area contributed by atoms with Crippen LogP contribution in [0.2, 0.25) is 10.0 Å². The fraction of sp³-hybridized carbons (Fsp3) is 0.286. The highest BCUT2D eigenvalue weighted by Gasteiger charge is 2.11. The van der Waals surface area contributed by atoms with Gasteiger partial charge in [-0.25, -0.2) is 0 Å². The summed E-state index contributed by atoms with van der Waals surface area (Å²) in [6, 6.07) is 4.95. The molecule has 0 aliphatic heterocycles. The SMILES string of the molecule is Cc1nn(CCC(=O)Nc2ccc(N)cc2Cl)c(C)c1Cl. The Morgan fingerprint density at radius 3 is 2.67 bits per heavy atom. The number of amides is 1. The monoisotopic (exact) mass is 326 g/mol. The smallest absolute Gasteiger partial charge is 0.226 e. The Kier molecular flexibility index (Phi) is 4.75. The molecule has 3 N–H and O–H groups in total. The van der Waals surface area contributed by atoms with Gasteiger partial charge in [0.05, 0.1) is 33.7 Å². The number of aromatic nitrogens is 2. The van der Waals surface area contributed by atoms with Gasteiger partial charge >= 0.3 is 0 Å². The molecule has 2 aromatic rings. The number of carbonyl (C=O) groups is 1. The van der Waals surface area contributed by atoms with Crippen LogP contribution in [0, 0.1) is 13.8 Å². The van der Waals surface area contributed by atoms with Crippen LogP contribution in [0.3, 0.4) is 0 Å². The molecule has 1 heterocycles. The second kappa shape index (κ2) is 6.37. The fourth-order valence-corrected chi connectivity index (χ4v) is 2.32. The third kappa shape index (κ3) is 3.68. The van der Waals surface area contributed by atoms with Gasteiger partial charge in [-0.15, -0.1) is 0 Å². The molecular weight excluding hydrogens is 311 g/mol. The zero-order chi connectivity index (χ0) is 15.6. The van der Waals surface area contributed by atoms with Gasteiger partial charge in [0.25, 0.3) is 0 Å². The number of aryl methyl sites for hydroxylation is 2. The molecule has 5 nitrogen and oxygen atoms in total. The molecule has 0 atom stereocenters. The van der Waals surface area contributed by atoms with Gasteiger partial charge in [0, 0.05) is 12.1 Å². The maximum absolute atomic E-state index is 12.0. The minimum Gasteiger partial charge on any atom is -0.399 e. The first-order valence-corrected chi connectivity index (χ1v) is 7.18. The molecular formula is C14H16Cl2N4O. The average Bonchev–Trinajstić information content (AvgIpc) is 2.67. The summed E-state index contributed by atoms with van der Waals surface area (Å²) in [7, 11) is 0. The minimum atomic E-state index is -0.148. The second-order valence-electron chi connectivity index (χ2n) is 4.75. The van der Waals surface area contributed by atoms with Crippen LogP contribution in [0.5, 0.6) is 0 Å². The van der Waals surface area contributed by atoms with Crippen molar-refractivity contribution in [3.63, 3.8) is 0 Å². The molecule has 0 bridgehead atoms. The Morgan fingerprint density at radius 2 is 2.10 bits per heavy atom. The average molecular weight is 327 g/mol. The van der Waals surface area contributed by atoms with E-state index < -0.39 is 0 Å². The normalized spacial score (nSPS) is 10.7. The number of nitrogens with two attached hydrogens (primary N) is 1. The molecule has 0 unspecified atom stereocenters. The van der Waals surface area contributed by atoms with E-state index in [1.165, 1.54) is 0 Å². The summed E-state index contributed by atoms with van der Waals surface area (Å²) in [5.41, 5.74) is 8.31. The van der Waals surface area contributed by atoms with E-state index >= 15 is 0 Å². The van der Waals surface area contributed by atoms with Crippen molar-refractivity contribution in [1.29, 1.82) is 0 Å². The Hall–Kier alpha value is -1.72. The van der Waals surface area contributed by atoms with Gasteiger partial charge in [-0.05, 0) is 32.0 Å². The van der Waals surface area contributed by atoms with Gasteiger partial charge in [-0.2, -0.15) is 5.10 Å². The van der Waals surface area contributed by atoms with Crippen molar-refractivity contribution in [3.8, 4) is 0 Å². The van der Waals surface area contributed by atoms with Crippen LogP contribution in [0.15, 0.2) is 18.2 Å². The van der Waals surface area contributed by atoms with Crippen molar-refractivity contribution in [2.45, 2.75) is 26.8 Å². The number of carbonyl (C=O) groups excluding carboxylic acids is 1. The van der Waals surface area contributed by atoms with Crippen molar-refractivity contribution in [3.05, 3.63) is 39.6 Å². The number of nitrogens with zero attached hydrogens (tertiary/aromatic N) is 2. The van der Waals surface area contributed by atoms with Crippen LogP contribution in [0.1, 0.15) is 17.8 Å². The second-order valence-corrected chi connectivity index (χ2v) is 5.53. The molecule has 1 aromatic carbocycles. The van der Waals surface area contributed by atoms with E-state index in [-0.39, 0.29) is 12.3 Å². The maximum atomic E-state index is 12.0. The van der Waals surface area contributed by atoms with E-state index in [9.17, 15) is 4.79 Å². The number of nitrogens with one attached hydrogen (secondary N) is 1. The highest BCUT2D eigenvalue weighted by atomic mass is 35.5. The summed E-state index contributed by atoms with van der Waals surface area (Å²) in [5.74, 6) is -0.148. The first kappa shape index (κ1) is 15.7. The lowest BCUT2D eigenvalue weighted by molar-refractivity contribution is -0.116. The van der Waals surface area contributed by atoms with E-state index in [1.54, 1.807) is 22.9 Å². The largest absolute Gasteiger partial charge is 0.399 e. The van der Waals surface area contributed by atoms with Crippen LogP contribution in [0.4, 0.5) is 11.4 Å². The molecule has 0 aliphatic carbocycles. The molecule has 1 amide bonds. The number of halogens is 2. The molecule has 0 saturated carbocycles. The summed E-state index contributed by atoms with van der Waals surface area (Å²) >= 11 is 12.1. The fourth-order valence-electron chi connectivity index (χ4n) is 1.95. The third-order valence-corrected chi connectivity index (χ3v) is 3.97. The maximum Gasteiger partial charge on any atom is 0.226 e. The summed E-state index contributed by atoms with van der Waals surface area (Å²) in [4.78, 5) is 12.0. The first-order valence-electron chi connectivity index (χ1n) is 6.43.